The maximum atomic E-state index is 14.1. The lowest BCUT2D eigenvalue weighted by Crippen LogP contribution is -2.62. The lowest BCUT2D eigenvalue weighted by Gasteiger charge is -2.48. The van der Waals surface area contributed by atoms with E-state index in [2.05, 4.69) is 25.9 Å². The number of terminal acetylenes is 1. The van der Waals surface area contributed by atoms with Gasteiger partial charge < -0.3 is 10.2 Å². The molecule has 40 heavy (non-hydrogen) atoms. The molecule has 1 aromatic carbocycles. The quantitative estimate of drug-likeness (QED) is 0.346. The summed E-state index contributed by atoms with van der Waals surface area (Å²) in [5.74, 6) is 1.15. The van der Waals surface area contributed by atoms with Crippen LogP contribution in [0.2, 0.25) is 0 Å². The van der Waals surface area contributed by atoms with Gasteiger partial charge in [-0.3, -0.25) is 9.59 Å². The topological polar surface area (TPSA) is 121 Å². The van der Waals surface area contributed by atoms with Crippen LogP contribution in [0, 0.1) is 12.3 Å². The molecule has 2 aromatic rings. The number of nitrogens with zero attached hydrogens (tertiary/aromatic N) is 3. The standard InChI is InChI=1S/C29H32ClN5O4S/c1-3-9-20(30)10-8-15-26-27(28(36)32-18-21-16-17-31-19-33-21)22-11-4-5-12-23(22)29(37)35(26)25-14-7-6-13-24(25)34-40(2,38)39/h1,4-5,8-12,16-17,19,24-27,34H,6-7,13-15,18H2,2H3,(H,32,36)/b10-8-,20-9+/t24-,25-,26-,27+/m0/s1. The Morgan fingerprint density at radius 2 is 2.02 bits per heavy atom. The van der Waals surface area contributed by atoms with Gasteiger partial charge in [-0.05, 0) is 43.0 Å². The average molecular weight is 582 g/mol. The third-order valence-electron chi connectivity index (χ3n) is 7.20. The molecule has 210 valence electrons. The van der Waals surface area contributed by atoms with Gasteiger partial charge in [0.05, 0.1) is 30.5 Å². The molecule has 4 rings (SSSR count). The minimum absolute atomic E-state index is 0.189. The number of hydrogen-bond acceptors (Lipinski definition) is 6. The first kappa shape index (κ1) is 29.5. The molecule has 2 amide bonds. The number of amides is 2. The number of carbonyl (C=O) groups is 2. The van der Waals surface area contributed by atoms with Crippen LogP contribution in [0.15, 0.2) is 66.1 Å². The lowest BCUT2D eigenvalue weighted by atomic mass is 9.77. The van der Waals surface area contributed by atoms with Crippen molar-refractivity contribution in [3.8, 4) is 12.3 Å². The zero-order valence-corrected chi connectivity index (χ0v) is 23.7. The third-order valence-corrected chi connectivity index (χ3v) is 8.17. The molecule has 2 aliphatic rings. The largest absolute Gasteiger partial charge is 0.350 e. The van der Waals surface area contributed by atoms with Crippen LogP contribution in [0.1, 0.15) is 59.6 Å². The Morgan fingerprint density at radius 3 is 2.75 bits per heavy atom. The molecule has 1 saturated carbocycles. The number of halogens is 1. The Bertz CT molecular complexity index is 1440. The molecule has 1 aromatic heterocycles. The Labute approximate surface area is 240 Å². The predicted molar refractivity (Wildman–Crippen MR) is 154 cm³/mol. The molecular formula is C29H32ClN5O4S. The van der Waals surface area contributed by atoms with Crippen molar-refractivity contribution in [2.75, 3.05) is 6.26 Å². The summed E-state index contributed by atoms with van der Waals surface area (Å²) < 4.78 is 27.3. The maximum Gasteiger partial charge on any atom is 0.254 e. The highest BCUT2D eigenvalue weighted by atomic mass is 35.5. The van der Waals surface area contributed by atoms with Gasteiger partial charge in [0.25, 0.3) is 5.91 Å². The average Bonchev–Trinajstić information content (AvgIpc) is 2.92. The second-order valence-electron chi connectivity index (χ2n) is 9.95. The Morgan fingerprint density at radius 1 is 1.25 bits per heavy atom. The van der Waals surface area contributed by atoms with Gasteiger partial charge in [0.1, 0.15) is 6.33 Å². The molecule has 1 aliphatic heterocycles. The fourth-order valence-corrected chi connectivity index (χ4v) is 6.57. The third kappa shape index (κ3) is 7.16. The molecule has 0 bridgehead atoms. The van der Waals surface area contributed by atoms with E-state index in [-0.39, 0.29) is 18.4 Å². The summed E-state index contributed by atoms with van der Waals surface area (Å²) in [5, 5.41) is 3.32. The van der Waals surface area contributed by atoms with Gasteiger partial charge in [-0.15, -0.1) is 6.42 Å². The van der Waals surface area contributed by atoms with Gasteiger partial charge >= 0.3 is 0 Å². The minimum Gasteiger partial charge on any atom is -0.350 e. The fourth-order valence-electron chi connectivity index (χ4n) is 5.60. The van der Waals surface area contributed by atoms with Crippen LogP contribution in [-0.2, 0) is 21.4 Å². The second kappa shape index (κ2) is 13.2. The molecule has 4 atom stereocenters. The normalized spacial score (nSPS) is 23.5. The first-order chi connectivity index (χ1) is 19.2. The number of hydrogen-bond donors (Lipinski definition) is 2. The SMILES string of the molecule is C#C/C=C(Cl)\C=C/C[C@H]1[C@H](C(=O)NCc2ccncn2)c2ccccc2C(=O)N1[C@H]1CCCC[C@@H]1NS(C)(=O)=O. The number of aromatic nitrogens is 2. The van der Waals surface area contributed by atoms with E-state index in [0.717, 1.165) is 19.1 Å². The Hall–Kier alpha value is -3.52. The second-order valence-corrected chi connectivity index (χ2v) is 12.2. The summed E-state index contributed by atoms with van der Waals surface area (Å²) in [5.41, 5.74) is 1.70. The van der Waals surface area contributed by atoms with Crippen LogP contribution in [0.4, 0.5) is 0 Å². The van der Waals surface area contributed by atoms with Crippen molar-refractivity contribution in [3.63, 3.8) is 0 Å². The fraction of sp³-hybridized carbons (Fsp3) is 0.379. The monoisotopic (exact) mass is 581 g/mol. The van der Waals surface area contributed by atoms with Crippen LogP contribution in [-0.4, -0.2) is 59.5 Å². The highest BCUT2D eigenvalue weighted by Crippen LogP contribution is 2.39. The van der Waals surface area contributed by atoms with Crippen molar-refractivity contribution >= 4 is 33.4 Å². The number of benzene rings is 1. The van der Waals surface area contributed by atoms with Crippen molar-refractivity contribution in [1.82, 2.24) is 24.9 Å². The first-order valence-corrected chi connectivity index (χ1v) is 15.4. The van der Waals surface area contributed by atoms with Gasteiger partial charge in [-0.2, -0.15) is 0 Å². The summed E-state index contributed by atoms with van der Waals surface area (Å²) in [6.07, 6.45) is 17.5. The van der Waals surface area contributed by atoms with Crippen LogP contribution in [0.3, 0.4) is 0 Å². The number of sulfonamides is 1. The minimum atomic E-state index is -3.53. The molecule has 1 aliphatic carbocycles. The molecule has 9 nitrogen and oxygen atoms in total. The Kier molecular flexibility index (Phi) is 9.74. The smallest absolute Gasteiger partial charge is 0.254 e. The van der Waals surface area contributed by atoms with Gasteiger partial charge in [0, 0.05) is 35.0 Å². The summed E-state index contributed by atoms with van der Waals surface area (Å²) in [6.45, 7) is 0.189. The highest BCUT2D eigenvalue weighted by Gasteiger charge is 2.47. The number of rotatable bonds is 9. The van der Waals surface area contributed by atoms with E-state index in [4.69, 9.17) is 18.0 Å². The van der Waals surface area contributed by atoms with Crippen LogP contribution in [0.25, 0.3) is 0 Å². The first-order valence-electron chi connectivity index (χ1n) is 13.1. The number of fused-ring (bicyclic) bond motifs is 1. The van der Waals surface area contributed by atoms with E-state index in [1.54, 1.807) is 53.6 Å². The number of nitrogens with one attached hydrogen (secondary N) is 2. The summed E-state index contributed by atoms with van der Waals surface area (Å²) in [6, 6.07) is 7.30. The van der Waals surface area contributed by atoms with E-state index in [1.165, 1.54) is 12.4 Å². The molecule has 0 spiro atoms. The number of allylic oxidation sites excluding steroid dienone is 3. The molecule has 0 unspecified atom stereocenters. The van der Waals surface area contributed by atoms with Gasteiger partial charge in [0.2, 0.25) is 15.9 Å². The predicted octanol–water partition coefficient (Wildman–Crippen LogP) is 3.26. The van der Waals surface area contributed by atoms with Crippen molar-refractivity contribution in [2.24, 2.45) is 0 Å². The zero-order valence-electron chi connectivity index (χ0n) is 22.2. The summed E-state index contributed by atoms with van der Waals surface area (Å²) in [4.78, 5) is 37.8. The molecule has 2 heterocycles. The van der Waals surface area contributed by atoms with E-state index in [9.17, 15) is 18.0 Å². The van der Waals surface area contributed by atoms with E-state index in [0.29, 0.717) is 41.1 Å². The van der Waals surface area contributed by atoms with Gasteiger partial charge in [0.15, 0.2) is 0 Å². The molecule has 1 fully saturated rings. The van der Waals surface area contributed by atoms with Crippen LogP contribution in [0.5, 0.6) is 0 Å². The van der Waals surface area contributed by atoms with E-state index < -0.39 is 34.1 Å². The van der Waals surface area contributed by atoms with Crippen molar-refractivity contribution < 1.29 is 18.0 Å². The molecular weight excluding hydrogens is 550 g/mol. The Balaban J connectivity index is 1.77. The summed E-state index contributed by atoms with van der Waals surface area (Å²) in [7, 11) is -3.53. The van der Waals surface area contributed by atoms with Crippen LogP contribution >= 0.6 is 11.6 Å². The number of carbonyl (C=O) groups excluding carboxylic acids is 2. The van der Waals surface area contributed by atoms with Crippen molar-refractivity contribution in [3.05, 3.63) is 82.9 Å². The molecule has 11 heteroatoms. The molecule has 0 saturated heterocycles. The van der Waals surface area contributed by atoms with Crippen LogP contribution < -0.4 is 10.0 Å². The van der Waals surface area contributed by atoms with E-state index >= 15 is 0 Å². The van der Waals surface area contributed by atoms with E-state index in [1.807, 2.05) is 0 Å². The molecule has 2 N–H and O–H groups in total. The highest BCUT2D eigenvalue weighted by molar-refractivity contribution is 7.88. The lowest BCUT2D eigenvalue weighted by molar-refractivity contribution is -0.124. The zero-order chi connectivity index (χ0) is 28.7. The summed E-state index contributed by atoms with van der Waals surface area (Å²) >= 11 is 6.19. The molecule has 0 radical (unpaired) electrons. The van der Waals surface area contributed by atoms with Crippen molar-refractivity contribution in [2.45, 2.75) is 62.7 Å². The van der Waals surface area contributed by atoms with Gasteiger partial charge in [-0.25, -0.2) is 23.1 Å². The van der Waals surface area contributed by atoms with Crippen molar-refractivity contribution in [1.29, 1.82) is 0 Å². The maximum absolute atomic E-state index is 14.1. The van der Waals surface area contributed by atoms with Gasteiger partial charge in [-0.1, -0.05) is 54.6 Å².